The van der Waals surface area contributed by atoms with Gasteiger partial charge in [0.05, 0.1) is 0 Å². The van der Waals surface area contributed by atoms with E-state index in [0.717, 1.165) is 4.90 Å². The standard InChI is InChI=1S/C6H6S.C3H9O3P.Cu/c7-6-4-2-1-3-5-6;1-4-7(5-2)6-3;/h1-5,7H;1-3H3;/q;;+1/p-1. The normalized spacial score (nSPS) is 8.80. The summed E-state index contributed by atoms with van der Waals surface area (Å²) >= 11 is 4.81. The van der Waals surface area contributed by atoms with Crippen molar-refractivity contribution in [3.05, 3.63) is 30.3 Å². The van der Waals surface area contributed by atoms with Gasteiger partial charge in [0.25, 0.3) is 0 Å². The molecule has 0 atom stereocenters. The minimum absolute atomic E-state index is 0. The molecule has 0 unspecified atom stereocenters. The van der Waals surface area contributed by atoms with E-state index in [1.54, 1.807) is 21.3 Å². The maximum atomic E-state index is 4.81. The first-order valence-electron chi connectivity index (χ1n) is 3.89. The fourth-order valence-electron chi connectivity index (χ4n) is 0.644. The van der Waals surface area contributed by atoms with Crippen LogP contribution in [0.2, 0.25) is 0 Å². The number of benzene rings is 1. The van der Waals surface area contributed by atoms with Crippen LogP contribution in [-0.4, -0.2) is 21.3 Å². The molecule has 0 radical (unpaired) electrons. The summed E-state index contributed by atoms with van der Waals surface area (Å²) in [5.74, 6) is 0. The van der Waals surface area contributed by atoms with Crippen LogP contribution >= 0.6 is 8.60 Å². The van der Waals surface area contributed by atoms with Crippen LogP contribution < -0.4 is 0 Å². The molecule has 15 heavy (non-hydrogen) atoms. The van der Waals surface area contributed by atoms with E-state index >= 15 is 0 Å². The fourth-order valence-corrected chi connectivity index (χ4v) is 1.25. The van der Waals surface area contributed by atoms with Crippen LogP contribution in [0, 0.1) is 0 Å². The van der Waals surface area contributed by atoms with E-state index in [1.165, 1.54) is 0 Å². The molecule has 90 valence electrons. The minimum Gasteiger partial charge on any atom is -0.780 e. The molecule has 1 aromatic rings. The predicted molar refractivity (Wildman–Crippen MR) is 60.0 cm³/mol. The Labute approximate surface area is 108 Å². The molecule has 0 aliphatic rings. The van der Waals surface area contributed by atoms with E-state index in [9.17, 15) is 0 Å². The third kappa shape index (κ3) is 10.5. The van der Waals surface area contributed by atoms with Crippen LogP contribution in [0.1, 0.15) is 0 Å². The van der Waals surface area contributed by atoms with Gasteiger partial charge in [0.1, 0.15) is 0 Å². The Kier molecular flexibility index (Phi) is 14.5. The molecule has 6 heteroatoms. The molecule has 0 heterocycles. The maximum absolute atomic E-state index is 4.81. The summed E-state index contributed by atoms with van der Waals surface area (Å²) in [5.41, 5.74) is 0. The monoisotopic (exact) mass is 296 g/mol. The van der Waals surface area contributed by atoms with Crippen molar-refractivity contribution < 1.29 is 30.6 Å². The molecular weight excluding hydrogens is 283 g/mol. The molecule has 1 rings (SSSR count). The Morgan fingerprint density at radius 3 is 1.47 bits per heavy atom. The van der Waals surface area contributed by atoms with Gasteiger partial charge < -0.3 is 26.2 Å². The van der Waals surface area contributed by atoms with Gasteiger partial charge in [-0.25, -0.2) is 0 Å². The molecule has 0 bridgehead atoms. The second-order valence-electron chi connectivity index (χ2n) is 2.08. The van der Waals surface area contributed by atoms with Crippen LogP contribution in [0.15, 0.2) is 35.2 Å². The first-order chi connectivity index (χ1) is 6.74. The van der Waals surface area contributed by atoms with Crippen molar-refractivity contribution in [1.29, 1.82) is 0 Å². The molecule has 0 aliphatic carbocycles. The van der Waals surface area contributed by atoms with Gasteiger partial charge in [0.2, 0.25) is 0 Å². The Bertz CT molecular complexity index is 216. The smallest absolute Gasteiger partial charge is 0.780 e. The summed E-state index contributed by atoms with van der Waals surface area (Å²) in [6, 6.07) is 9.62. The molecule has 0 aromatic heterocycles. The molecule has 1 aromatic carbocycles. The largest absolute Gasteiger partial charge is 1.00 e. The van der Waals surface area contributed by atoms with Crippen LogP contribution in [0.5, 0.6) is 0 Å². The first-order valence-corrected chi connectivity index (χ1v) is 5.39. The van der Waals surface area contributed by atoms with Gasteiger partial charge >= 0.3 is 25.7 Å². The third-order valence-corrected chi connectivity index (χ3v) is 2.36. The minimum atomic E-state index is -1.05. The van der Waals surface area contributed by atoms with Crippen molar-refractivity contribution in [2.24, 2.45) is 0 Å². The second-order valence-corrected chi connectivity index (χ2v) is 4.10. The van der Waals surface area contributed by atoms with Crippen molar-refractivity contribution in [3.8, 4) is 0 Å². The van der Waals surface area contributed by atoms with Gasteiger partial charge in [0, 0.05) is 21.3 Å². The van der Waals surface area contributed by atoms with Crippen molar-refractivity contribution in [1.82, 2.24) is 0 Å². The van der Waals surface area contributed by atoms with Gasteiger partial charge in [-0.1, -0.05) is 30.3 Å². The molecule has 0 spiro atoms. The summed E-state index contributed by atoms with van der Waals surface area (Å²) in [7, 11) is 3.57. The topological polar surface area (TPSA) is 27.7 Å². The van der Waals surface area contributed by atoms with Gasteiger partial charge in [-0.05, 0) is 0 Å². The number of hydrogen-bond donors (Lipinski definition) is 0. The van der Waals surface area contributed by atoms with Gasteiger partial charge in [-0.15, -0.1) is 0 Å². The average Bonchev–Trinajstić information content (AvgIpc) is 2.22. The van der Waals surface area contributed by atoms with Gasteiger partial charge in [-0.2, -0.15) is 4.90 Å². The van der Waals surface area contributed by atoms with Gasteiger partial charge in [0.15, 0.2) is 0 Å². The molecule has 0 saturated heterocycles. The van der Waals surface area contributed by atoms with Gasteiger partial charge in [-0.3, -0.25) is 0 Å². The zero-order valence-corrected chi connectivity index (χ0v) is 11.4. The van der Waals surface area contributed by atoms with E-state index < -0.39 is 8.60 Å². The van der Waals surface area contributed by atoms with Crippen LogP contribution in [0.4, 0.5) is 0 Å². The Morgan fingerprint density at radius 2 is 1.33 bits per heavy atom. The summed E-state index contributed by atoms with van der Waals surface area (Å²) in [5, 5.41) is 0. The average molecular weight is 297 g/mol. The van der Waals surface area contributed by atoms with Crippen molar-refractivity contribution >= 4 is 21.2 Å². The quantitative estimate of drug-likeness (QED) is 0.487. The van der Waals surface area contributed by atoms with Crippen molar-refractivity contribution in [2.45, 2.75) is 4.90 Å². The number of hydrogen-bond acceptors (Lipinski definition) is 4. The zero-order chi connectivity index (χ0) is 10.8. The van der Waals surface area contributed by atoms with E-state index in [-0.39, 0.29) is 17.1 Å². The van der Waals surface area contributed by atoms with E-state index in [4.69, 9.17) is 12.6 Å². The van der Waals surface area contributed by atoms with E-state index in [0.29, 0.717) is 0 Å². The Balaban J connectivity index is 0. The summed E-state index contributed by atoms with van der Waals surface area (Å²) in [6.45, 7) is 0. The SMILES string of the molecule is COP(OC)OC.[Cu+].[S-]c1ccccc1. The molecule has 0 amide bonds. The molecule has 0 saturated carbocycles. The molecule has 3 nitrogen and oxygen atoms in total. The number of rotatable bonds is 3. The summed E-state index contributed by atoms with van der Waals surface area (Å²) in [4.78, 5) is 0.905. The van der Waals surface area contributed by atoms with Crippen LogP contribution in [0.3, 0.4) is 0 Å². The molecule has 0 N–H and O–H groups in total. The van der Waals surface area contributed by atoms with Crippen LogP contribution in [0.25, 0.3) is 0 Å². The maximum Gasteiger partial charge on any atom is 1.00 e. The Hall–Kier alpha value is 0.269. The Morgan fingerprint density at radius 1 is 0.933 bits per heavy atom. The summed E-state index contributed by atoms with van der Waals surface area (Å²) < 4.78 is 14.0. The molecule has 0 aliphatic heterocycles. The second kappa shape index (κ2) is 12.3. The van der Waals surface area contributed by atoms with Crippen LogP contribution in [-0.2, 0) is 43.3 Å². The molecular formula is C9H14CuO3PS. The third-order valence-electron chi connectivity index (χ3n) is 1.19. The molecule has 0 fully saturated rings. The summed E-state index contributed by atoms with van der Waals surface area (Å²) in [6.07, 6.45) is 0. The van der Waals surface area contributed by atoms with Crippen molar-refractivity contribution in [2.75, 3.05) is 21.3 Å². The van der Waals surface area contributed by atoms with E-state index in [2.05, 4.69) is 13.6 Å². The predicted octanol–water partition coefficient (Wildman–Crippen LogP) is 2.74. The fraction of sp³-hybridized carbons (Fsp3) is 0.333. The first kappa shape index (κ1) is 17.7. The van der Waals surface area contributed by atoms with Crippen molar-refractivity contribution in [3.63, 3.8) is 0 Å². The van der Waals surface area contributed by atoms with E-state index in [1.807, 2.05) is 30.3 Å². The zero-order valence-electron chi connectivity index (χ0n) is 8.77.